The maximum atomic E-state index is 9.77. The van der Waals surface area contributed by atoms with Crippen molar-refractivity contribution in [3.05, 3.63) is 42.0 Å². The van der Waals surface area contributed by atoms with E-state index in [-0.39, 0.29) is 6.61 Å². The van der Waals surface area contributed by atoms with Gasteiger partial charge in [0.15, 0.2) is 6.29 Å². The van der Waals surface area contributed by atoms with Gasteiger partial charge in [0.2, 0.25) is 0 Å². The second-order valence-corrected chi connectivity index (χ2v) is 4.84. The van der Waals surface area contributed by atoms with E-state index < -0.39 is 37.3 Å². The van der Waals surface area contributed by atoms with Crippen LogP contribution in [0.5, 0.6) is 0 Å². The van der Waals surface area contributed by atoms with E-state index in [2.05, 4.69) is 0 Å². The van der Waals surface area contributed by atoms with Crippen LogP contribution in [-0.4, -0.2) is 64.3 Å². The summed E-state index contributed by atoms with van der Waals surface area (Å²) in [5, 5.41) is 38.1. The summed E-state index contributed by atoms with van der Waals surface area (Å²) in [6, 6.07) is 9.62. The van der Waals surface area contributed by atoms with Crippen LogP contribution >= 0.6 is 0 Å². The predicted octanol–water partition coefficient (Wildman–Crippen LogP) is -0.484. The van der Waals surface area contributed by atoms with Gasteiger partial charge in [-0.1, -0.05) is 42.5 Å². The van der Waals surface area contributed by atoms with Gasteiger partial charge in [-0.05, 0) is 5.56 Å². The summed E-state index contributed by atoms with van der Waals surface area (Å²) in [6.45, 7) is -0.303. The molecule has 6 heteroatoms. The summed E-state index contributed by atoms with van der Waals surface area (Å²) < 4.78 is 10.5. The maximum absolute atomic E-state index is 9.77. The number of ether oxygens (including phenoxy) is 2. The molecule has 1 unspecified atom stereocenters. The quantitative estimate of drug-likeness (QED) is 0.585. The minimum atomic E-state index is -1.42. The van der Waals surface area contributed by atoms with E-state index in [0.29, 0.717) is 0 Å². The summed E-state index contributed by atoms with van der Waals surface area (Å²) >= 11 is 0. The minimum absolute atomic E-state index is 0.164. The molecule has 4 N–H and O–H groups in total. The Kier molecular flexibility index (Phi) is 5.86. The Balaban J connectivity index is 1.86. The molecule has 21 heavy (non-hydrogen) atoms. The Labute approximate surface area is 122 Å². The van der Waals surface area contributed by atoms with Gasteiger partial charge in [-0.15, -0.1) is 0 Å². The highest BCUT2D eigenvalue weighted by molar-refractivity contribution is 5.48. The van der Waals surface area contributed by atoms with Crippen molar-refractivity contribution in [3.8, 4) is 0 Å². The van der Waals surface area contributed by atoms with Crippen molar-refractivity contribution in [3.63, 3.8) is 0 Å². The standard InChI is InChI=1S/C15H20O6/c16-9-11-12(17)13(18)14(19)15(21-11)20-8-4-7-10-5-2-1-3-6-10/h1-7,11-19H,8-9H2/t11-,12+,13+,14-,15?/m1/s1. The minimum Gasteiger partial charge on any atom is -0.394 e. The van der Waals surface area contributed by atoms with Gasteiger partial charge in [0.1, 0.15) is 24.4 Å². The number of hydrogen-bond acceptors (Lipinski definition) is 6. The molecule has 0 spiro atoms. The van der Waals surface area contributed by atoms with Gasteiger partial charge < -0.3 is 29.9 Å². The van der Waals surface area contributed by atoms with Crippen molar-refractivity contribution in [1.82, 2.24) is 0 Å². The molecular formula is C15H20O6. The summed E-state index contributed by atoms with van der Waals surface area (Å²) in [5.41, 5.74) is 1.01. The normalized spacial score (nSPS) is 33.4. The van der Waals surface area contributed by atoms with Gasteiger partial charge in [-0.3, -0.25) is 0 Å². The SMILES string of the molecule is OC[C@H]1OC(OCC=Cc2ccccc2)[C@H](O)[C@@H](O)[C@H]1O. The number of aliphatic hydroxyl groups excluding tert-OH is 4. The first-order valence-corrected chi connectivity index (χ1v) is 6.77. The van der Waals surface area contributed by atoms with Crippen molar-refractivity contribution >= 4 is 6.08 Å². The zero-order valence-electron chi connectivity index (χ0n) is 11.4. The van der Waals surface area contributed by atoms with Crippen LogP contribution < -0.4 is 0 Å². The Bertz CT molecular complexity index is 447. The van der Waals surface area contributed by atoms with Crippen LogP contribution in [0.4, 0.5) is 0 Å². The third-order valence-electron chi connectivity index (χ3n) is 3.32. The Morgan fingerprint density at radius 3 is 2.43 bits per heavy atom. The van der Waals surface area contributed by atoms with Gasteiger partial charge in [-0.2, -0.15) is 0 Å². The van der Waals surface area contributed by atoms with E-state index in [1.165, 1.54) is 0 Å². The molecule has 0 radical (unpaired) electrons. The summed E-state index contributed by atoms with van der Waals surface area (Å²) in [4.78, 5) is 0. The van der Waals surface area contributed by atoms with Crippen LogP contribution in [0.3, 0.4) is 0 Å². The zero-order chi connectivity index (χ0) is 15.2. The molecule has 1 fully saturated rings. The molecule has 0 amide bonds. The highest BCUT2D eigenvalue weighted by Crippen LogP contribution is 2.21. The molecule has 0 aromatic heterocycles. The Hall–Kier alpha value is -1.28. The summed E-state index contributed by atoms with van der Waals surface area (Å²) in [6.07, 6.45) is -2.61. The molecule has 1 saturated heterocycles. The van der Waals surface area contributed by atoms with E-state index >= 15 is 0 Å². The molecule has 0 aliphatic carbocycles. The molecule has 0 bridgehead atoms. The molecule has 0 saturated carbocycles. The van der Waals surface area contributed by atoms with Crippen LogP contribution in [0.2, 0.25) is 0 Å². The van der Waals surface area contributed by atoms with Crippen molar-refractivity contribution in [2.45, 2.75) is 30.7 Å². The Morgan fingerprint density at radius 1 is 1.05 bits per heavy atom. The van der Waals surface area contributed by atoms with Crippen LogP contribution in [0, 0.1) is 0 Å². The lowest BCUT2D eigenvalue weighted by Crippen LogP contribution is -2.59. The largest absolute Gasteiger partial charge is 0.394 e. The zero-order valence-corrected chi connectivity index (χ0v) is 11.4. The second-order valence-electron chi connectivity index (χ2n) is 4.84. The topological polar surface area (TPSA) is 99.4 Å². The lowest BCUT2D eigenvalue weighted by molar-refractivity contribution is -0.298. The molecule has 116 valence electrons. The van der Waals surface area contributed by atoms with Crippen LogP contribution in [0.25, 0.3) is 6.08 Å². The van der Waals surface area contributed by atoms with Gasteiger partial charge in [0, 0.05) is 0 Å². The highest BCUT2D eigenvalue weighted by atomic mass is 16.7. The number of rotatable bonds is 5. The molecule has 6 nitrogen and oxygen atoms in total. The van der Waals surface area contributed by atoms with Crippen LogP contribution in [0.15, 0.2) is 36.4 Å². The molecule has 1 heterocycles. The van der Waals surface area contributed by atoms with Crippen molar-refractivity contribution in [2.24, 2.45) is 0 Å². The van der Waals surface area contributed by atoms with Crippen LogP contribution in [0.1, 0.15) is 5.56 Å². The number of hydrogen-bond donors (Lipinski definition) is 4. The first-order chi connectivity index (χ1) is 10.1. The van der Waals surface area contributed by atoms with E-state index in [0.717, 1.165) is 5.56 Å². The average molecular weight is 296 g/mol. The first kappa shape index (κ1) is 16.1. The van der Waals surface area contributed by atoms with Crippen molar-refractivity contribution in [2.75, 3.05) is 13.2 Å². The van der Waals surface area contributed by atoms with Gasteiger partial charge in [-0.25, -0.2) is 0 Å². The lowest BCUT2D eigenvalue weighted by Gasteiger charge is -2.39. The Morgan fingerprint density at radius 2 is 1.76 bits per heavy atom. The smallest absolute Gasteiger partial charge is 0.187 e. The maximum Gasteiger partial charge on any atom is 0.187 e. The number of aliphatic hydroxyl groups is 4. The fraction of sp³-hybridized carbons (Fsp3) is 0.467. The third kappa shape index (κ3) is 4.10. The molecule has 1 aliphatic rings. The van der Waals surface area contributed by atoms with Crippen molar-refractivity contribution in [1.29, 1.82) is 0 Å². The van der Waals surface area contributed by atoms with E-state index in [1.54, 1.807) is 6.08 Å². The number of benzene rings is 1. The van der Waals surface area contributed by atoms with Crippen LogP contribution in [-0.2, 0) is 9.47 Å². The average Bonchev–Trinajstić information content (AvgIpc) is 2.52. The second kappa shape index (κ2) is 7.65. The lowest BCUT2D eigenvalue weighted by atomic mass is 9.99. The molecule has 1 aromatic rings. The molecule has 5 atom stereocenters. The monoisotopic (exact) mass is 296 g/mol. The summed E-state index contributed by atoms with van der Waals surface area (Å²) in [7, 11) is 0. The fourth-order valence-corrected chi connectivity index (χ4v) is 2.10. The molecule has 1 aliphatic heterocycles. The van der Waals surface area contributed by atoms with Gasteiger partial charge in [0.25, 0.3) is 0 Å². The molecule has 1 aromatic carbocycles. The van der Waals surface area contributed by atoms with E-state index in [1.807, 2.05) is 36.4 Å². The van der Waals surface area contributed by atoms with Crippen molar-refractivity contribution < 1.29 is 29.9 Å². The van der Waals surface area contributed by atoms with E-state index in [9.17, 15) is 15.3 Å². The van der Waals surface area contributed by atoms with Gasteiger partial charge >= 0.3 is 0 Å². The third-order valence-corrected chi connectivity index (χ3v) is 3.32. The predicted molar refractivity (Wildman–Crippen MR) is 75.2 cm³/mol. The van der Waals surface area contributed by atoms with E-state index in [4.69, 9.17) is 14.6 Å². The fourth-order valence-electron chi connectivity index (χ4n) is 2.10. The first-order valence-electron chi connectivity index (χ1n) is 6.77. The summed E-state index contributed by atoms with van der Waals surface area (Å²) in [5.74, 6) is 0. The highest BCUT2D eigenvalue weighted by Gasteiger charge is 2.43. The van der Waals surface area contributed by atoms with Gasteiger partial charge in [0.05, 0.1) is 13.2 Å². The molecular weight excluding hydrogens is 276 g/mol. The molecule has 2 rings (SSSR count).